The van der Waals surface area contributed by atoms with Crippen LogP contribution in [0.5, 0.6) is 0 Å². The van der Waals surface area contributed by atoms with Crippen molar-refractivity contribution in [3.8, 4) is 5.69 Å². The van der Waals surface area contributed by atoms with Gasteiger partial charge in [0.2, 0.25) is 11.1 Å². The van der Waals surface area contributed by atoms with Gasteiger partial charge in [-0.25, -0.2) is 0 Å². The van der Waals surface area contributed by atoms with Gasteiger partial charge in [-0.05, 0) is 47.2 Å². The van der Waals surface area contributed by atoms with Crippen LogP contribution >= 0.6 is 11.8 Å². The number of anilines is 1. The van der Waals surface area contributed by atoms with Gasteiger partial charge in [0.05, 0.1) is 5.69 Å². The Bertz CT molecular complexity index is 641. The molecule has 7 heteroatoms. The fourth-order valence-corrected chi connectivity index (χ4v) is 2.54. The van der Waals surface area contributed by atoms with Gasteiger partial charge in [0.15, 0.2) is 0 Å². The van der Waals surface area contributed by atoms with Crippen molar-refractivity contribution in [2.75, 3.05) is 11.6 Å². The van der Waals surface area contributed by atoms with E-state index in [0.717, 1.165) is 17.8 Å². The van der Waals surface area contributed by atoms with Gasteiger partial charge >= 0.3 is 0 Å². The SMILES string of the molecule is CSc1nnnn1-c1cccc(NC(=O)C2CC2C)c1. The van der Waals surface area contributed by atoms with E-state index in [-0.39, 0.29) is 11.8 Å². The summed E-state index contributed by atoms with van der Waals surface area (Å²) in [7, 11) is 0. The van der Waals surface area contributed by atoms with Crippen LogP contribution in [-0.2, 0) is 4.79 Å². The Hall–Kier alpha value is -1.89. The minimum absolute atomic E-state index is 0.0939. The molecule has 0 saturated heterocycles. The first-order chi connectivity index (χ1) is 9.69. The molecule has 0 spiro atoms. The lowest BCUT2D eigenvalue weighted by atomic mass is 10.2. The Morgan fingerprint density at radius 3 is 3.00 bits per heavy atom. The first kappa shape index (κ1) is 13.1. The Labute approximate surface area is 120 Å². The summed E-state index contributed by atoms with van der Waals surface area (Å²) < 4.78 is 1.65. The predicted molar refractivity (Wildman–Crippen MR) is 76.8 cm³/mol. The molecule has 1 fully saturated rings. The van der Waals surface area contributed by atoms with Crippen molar-refractivity contribution in [2.45, 2.75) is 18.5 Å². The van der Waals surface area contributed by atoms with Crippen molar-refractivity contribution in [3.05, 3.63) is 24.3 Å². The summed E-state index contributed by atoms with van der Waals surface area (Å²) in [5, 5.41) is 15.2. The number of hydrogen-bond acceptors (Lipinski definition) is 5. The molecule has 0 bridgehead atoms. The van der Waals surface area contributed by atoms with Crippen molar-refractivity contribution >= 4 is 23.4 Å². The van der Waals surface area contributed by atoms with E-state index in [2.05, 4.69) is 27.8 Å². The number of nitrogens with one attached hydrogen (secondary N) is 1. The van der Waals surface area contributed by atoms with Crippen LogP contribution in [0.4, 0.5) is 5.69 Å². The molecule has 1 N–H and O–H groups in total. The number of benzene rings is 1. The quantitative estimate of drug-likeness (QED) is 0.871. The maximum Gasteiger partial charge on any atom is 0.227 e. The lowest BCUT2D eigenvalue weighted by Gasteiger charge is -2.07. The molecule has 3 rings (SSSR count). The lowest BCUT2D eigenvalue weighted by molar-refractivity contribution is -0.117. The maximum absolute atomic E-state index is 11.9. The van der Waals surface area contributed by atoms with Crippen LogP contribution in [0.25, 0.3) is 5.69 Å². The zero-order valence-electron chi connectivity index (χ0n) is 11.3. The van der Waals surface area contributed by atoms with Gasteiger partial charge in [-0.1, -0.05) is 24.8 Å². The van der Waals surface area contributed by atoms with Gasteiger partial charge in [-0.15, -0.1) is 5.10 Å². The molecule has 1 saturated carbocycles. The summed E-state index contributed by atoms with van der Waals surface area (Å²) in [6.45, 7) is 2.09. The molecule has 20 heavy (non-hydrogen) atoms. The molecule has 6 nitrogen and oxygen atoms in total. The average Bonchev–Trinajstić information content (AvgIpc) is 3.01. The Morgan fingerprint density at radius 1 is 1.50 bits per heavy atom. The highest BCUT2D eigenvalue weighted by Crippen LogP contribution is 2.38. The number of amides is 1. The van der Waals surface area contributed by atoms with Crippen LogP contribution in [0, 0.1) is 11.8 Å². The van der Waals surface area contributed by atoms with E-state index in [1.807, 2.05) is 30.5 Å². The highest BCUT2D eigenvalue weighted by molar-refractivity contribution is 7.98. The molecule has 1 aliphatic carbocycles. The van der Waals surface area contributed by atoms with Gasteiger partial charge in [-0.3, -0.25) is 4.79 Å². The van der Waals surface area contributed by atoms with Crippen LogP contribution < -0.4 is 5.32 Å². The molecule has 1 heterocycles. The summed E-state index contributed by atoms with van der Waals surface area (Å²) in [5.41, 5.74) is 1.61. The normalized spacial score (nSPS) is 20.7. The fraction of sp³-hybridized carbons (Fsp3) is 0.385. The molecule has 2 unspecified atom stereocenters. The minimum atomic E-state index is 0.0939. The number of aromatic nitrogens is 4. The van der Waals surface area contributed by atoms with E-state index < -0.39 is 0 Å². The van der Waals surface area contributed by atoms with Gasteiger partial charge < -0.3 is 5.32 Å². The van der Waals surface area contributed by atoms with Crippen LogP contribution in [0.3, 0.4) is 0 Å². The molecule has 2 aromatic rings. The van der Waals surface area contributed by atoms with Gasteiger partial charge in [0, 0.05) is 11.6 Å². The summed E-state index contributed by atoms with van der Waals surface area (Å²) in [4.78, 5) is 11.9. The average molecular weight is 289 g/mol. The third-order valence-electron chi connectivity index (χ3n) is 3.43. The largest absolute Gasteiger partial charge is 0.326 e. The second-order valence-electron chi connectivity index (χ2n) is 4.94. The monoisotopic (exact) mass is 289 g/mol. The van der Waals surface area contributed by atoms with Crippen LogP contribution in [0.2, 0.25) is 0 Å². The number of carbonyl (C=O) groups is 1. The lowest BCUT2D eigenvalue weighted by Crippen LogP contribution is -2.14. The molecule has 1 aromatic heterocycles. The maximum atomic E-state index is 11.9. The highest BCUT2D eigenvalue weighted by atomic mass is 32.2. The topological polar surface area (TPSA) is 72.7 Å². The second-order valence-corrected chi connectivity index (χ2v) is 5.71. The summed E-state index contributed by atoms with van der Waals surface area (Å²) in [6, 6.07) is 7.54. The number of rotatable bonds is 4. The van der Waals surface area contributed by atoms with E-state index in [9.17, 15) is 4.79 Å². The summed E-state index contributed by atoms with van der Waals surface area (Å²) in [6.07, 6.45) is 2.90. The van der Waals surface area contributed by atoms with Crippen molar-refractivity contribution in [2.24, 2.45) is 11.8 Å². The summed E-state index contributed by atoms with van der Waals surface area (Å²) >= 11 is 1.47. The third-order valence-corrected chi connectivity index (χ3v) is 4.05. The molecular weight excluding hydrogens is 274 g/mol. The zero-order valence-corrected chi connectivity index (χ0v) is 12.1. The standard InChI is InChI=1S/C13H15N5OS/c1-8-6-11(8)12(19)14-9-4-3-5-10(7-9)18-13(20-2)15-16-17-18/h3-5,7-8,11H,6H2,1-2H3,(H,14,19). The molecular formula is C13H15N5OS. The third kappa shape index (κ3) is 2.53. The number of thioether (sulfide) groups is 1. The molecule has 2 atom stereocenters. The Balaban J connectivity index is 1.81. The van der Waals surface area contributed by atoms with E-state index in [0.29, 0.717) is 11.1 Å². The van der Waals surface area contributed by atoms with Crippen molar-refractivity contribution in [3.63, 3.8) is 0 Å². The van der Waals surface area contributed by atoms with Gasteiger partial charge in [0.25, 0.3) is 0 Å². The smallest absolute Gasteiger partial charge is 0.227 e. The molecule has 1 amide bonds. The van der Waals surface area contributed by atoms with Gasteiger partial charge in [-0.2, -0.15) is 4.68 Å². The molecule has 1 aliphatic rings. The zero-order chi connectivity index (χ0) is 14.1. The molecule has 104 valence electrons. The summed E-state index contributed by atoms with van der Waals surface area (Å²) in [5.74, 6) is 0.755. The van der Waals surface area contributed by atoms with E-state index >= 15 is 0 Å². The fourth-order valence-electron chi connectivity index (χ4n) is 2.11. The molecule has 1 aromatic carbocycles. The minimum Gasteiger partial charge on any atom is -0.326 e. The van der Waals surface area contributed by atoms with Crippen molar-refractivity contribution in [1.82, 2.24) is 20.2 Å². The first-order valence-electron chi connectivity index (χ1n) is 6.42. The predicted octanol–water partition coefficient (Wildman–Crippen LogP) is 1.98. The number of hydrogen-bond donors (Lipinski definition) is 1. The van der Waals surface area contributed by atoms with Crippen LogP contribution in [-0.4, -0.2) is 32.4 Å². The van der Waals surface area contributed by atoms with Crippen LogP contribution in [0.1, 0.15) is 13.3 Å². The van der Waals surface area contributed by atoms with Crippen molar-refractivity contribution < 1.29 is 4.79 Å². The van der Waals surface area contributed by atoms with E-state index in [1.165, 1.54) is 11.8 Å². The molecule has 0 aliphatic heterocycles. The Kier molecular flexibility index (Phi) is 3.43. The Morgan fingerprint density at radius 2 is 2.30 bits per heavy atom. The second kappa shape index (κ2) is 5.24. The van der Waals surface area contributed by atoms with E-state index in [1.54, 1.807) is 4.68 Å². The first-order valence-corrected chi connectivity index (χ1v) is 7.65. The van der Waals surface area contributed by atoms with E-state index in [4.69, 9.17) is 0 Å². The van der Waals surface area contributed by atoms with Crippen molar-refractivity contribution in [1.29, 1.82) is 0 Å². The number of carbonyl (C=O) groups excluding carboxylic acids is 1. The highest BCUT2D eigenvalue weighted by Gasteiger charge is 2.39. The number of tetrazole rings is 1. The number of nitrogens with zero attached hydrogens (tertiary/aromatic N) is 4. The van der Waals surface area contributed by atoms with Gasteiger partial charge in [0.1, 0.15) is 0 Å². The van der Waals surface area contributed by atoms with Crippen LogP contribution in [0.15, 0.2) is 29.4 Å². The molecule has 0 radical (unpaired) electrons.